The molecular weight excluding hydrogens is 431 g/mol. The zero-order chi connectivity index (χ0) is 22.6. The van der Waals surface area contributed by atoms with E-state index in [0.717, 1.165) is 12.3 Å². The minimum Gasteiger partial charge on any atom is -0.349 e. The molecule has 2 aromatic rings. The van der Waals surface area contributed by atoms with E-state index < -0.39 is 21.8 Å². The van der Waals surface area contributed by atoms with Crippen LogP contribution in [0, 0.1) is 0 Å². The molecule has 10 heteroatoms. The largest absolute Gasteiger partial charge is 0.416 e. The molecule has 31 heavy (non-hydrogen) atoms. The molecule has 2 N–H and O–H groups in total. The number of nitrogens with zero attached hydrogens (tertiary/aromatic N) is 1. The number of amides is 1. The van der Waals surface area contributed by atoms with Crippen molar-refractivity contribution in [2.24, 2.45) is 0 Å². The van der Waals surface area contributed by atoms with Gasteiger partial charge in [0.05, 0.1) is 23.1 Å². The first-order valence-corrected chi connectivity index (χ1v) is 11.7. The summed E-state index contributed by atoms with van der Waals surface area (Å²) >= 11 is 0. The van der Waals surface area contributed by atoms with Crippen LogP contribution in [0.1, 0.15) is 34.3 Å². The third-order valence-electron chi connectivity index (χ3n) is 5.05. The summed E-state index contributed by atoms with van der Waals surface area (Å²) in [5.41, 5.74) is 0.385. The average Bonchev–Trinajstić information content (AvgIpc) is 2.68. The number of carbonyl (C=O) groups excluding carboxylic acids is 1. The van der Waals surface area contributed by atoms with E-state index in [1.165, 1.54) is 18.2 Å². The van der Waals surface area contributed by atoms with Gasteiger partial charge in [-0.25, -0.2) is 8.42 Å². The average molecular weight is 456 g/mol. The summed E-state index contributed by atoms with van der Waals surface area (Å²) in [6, 6.07) is 11.6. The van der Waals surface area contributed by atoms with Crippen LogP contribution in [-0.2, 0) is 22.7 Å². The molecule has 0 bridgehead atoms. The van der Waals surface area contributed by atoms with Crippen LogP contribution in [0.25, 0.3) is 0 Å². The van der Waals surface area contributed by atoms with Gasteiger partial charge in [0.2, 0.25) is 10.0 Å². The van der Waals surface area contributed by atoms with E-state index in [1.807, 2.05) is 0 Å². The molecule has 1 heterocycles. The molecule has 1 aliphatic heterocycles. The van der Waals surface area contributed by atoms with E-state index >= 15 is 0 Å². The summed E-state index contributed by atoms with van der Waals surface area (Å²) in [5, 5.41) is 2.93. The van der Waals surface area contributed by atoms with Crippen molar-refractivity contribution in [2.45, 2.75) is 31.6 Å². The number of nitrogens with one attached hydrogen (secondary N) is 2. The van der Waals surface area contributed by atoms with E-state index in [-0.39, 0.29) is 23.2 Å². The SMILES string of the molecule is CS(=O)(=O)Nc1ccccc1C(=O)NC1CCN(Cc2cccc(C(F)(F)F)c2)CC1. The summed E-state index contributed by atoms with van der Waals surface area (Å²) in [5.74, 6) is -0.372. The molecule has 0 radical (unpaired) electrons. The zero-order valence-electron chi connectivity index (χ0n) is 16.9. The highest BCUT2D eigenvalue weighted by Gasteiger charge is 2.30. The molecule has 0 aliphatic carbocycles. The number of piperidine rings is 1. The molecule has 0 spiro atoms. The van der Waals surface area contributed by atoms with Crippen LogP contribution in [0.15, 0.2) is 48.5 Å². The monoisotopic (exact) mass is 455 g/mol. The number of sulfonamides is 1. The quantitative estimate of drug-likeness (QED) is 0.699. The number of carbonyl (C=O) groups is 1. The first-order chi connectivity index (χ1) is 14.5. The van der Waals surface area contributed by atoms with E-state index in [2.05, 4.69) is 14.9 Å². The van der Waals surface area contributed by atoms with Gasteiger partial charge in [-0.15, -0.1) is 0 Å². The van der Waals surface area contributed by atoms with Gasteiger partial charge in [0.25, 0.3) is 5.91 Å². The fourth-order valence-corrected chi connectivity index (χ4v) is 4.15. The predicted octanol–water partition coefficient (Wildman–Crippen LogP) is 3.47. The molecule has 1 saturated heterocycles. The van der Waals surface area contributed by atoms with Gasteiger partial charge >= 0.3 is 6.18 Å². The lowest BCUT2D eigenvalue weighted by atomic mass is 10.0. The summed E-state index contributed by atoms with van der Waals surface area (Å²) in [6.07, 6.45) is -2.06. The number of anilines is 1. The predicted molar refractivity (Wildman–Crippen MR) is 112 cm³/mol. The summed E-state index contributed by atoms with van der Waals surface area (Å²) in [7, 11) is -3.52. The number of alkyl halides is 3. The Balaban J connectivity index is 1.56. The number of hydrogen-bond donors (Lipinski definition) is 2. The van der Waals surface area contributed by atoms with Crippen LogP contribution < -0.4 is 10.0 Å². The molecule has 1 fully saturated rings. The van der Waals surface area contributed by atoms with Crippen LogP contribution in [-0.4, -0.2) is 44.6 Å². The topological polar surface area (TPSA) is 78.5 Å². The molecule has 0 atom stereocenters. The molecule has 168 valence electrons. The van der Waals surface area contributed by atoms with Gasteiger partial charge in [0.15, 0.2) is 0 Å². The van der Waals surface area contributed by atoms with Crippen molar-refractivity contribution >= 4 is 21.6 Å². The second-order valence-electron chi connectivity index (χ2n) is 7.64. The Labute approximate surface area is 179 Å². The van der Waals surface area contributed by atoms with Gasteiger partial charge in [-0.2, -0.15) is 13.2 Å². The number of likely N-dealkylation sites (tertiary alicyclic amines) is 1. The Morgan fingerprint density at radius 1 is 1.10 bits per heavy atom. The first-order valence-electron chi connectivity index (χ1n) is 9.77. The molecule has 2 aromatic carbocycles. The highest BCUT2D eigenvalue weighted by molar-refractivity contribution is 7.92. The Morgan fingerprint density at radius 2 is 1.77 bits per heavy atom. The Hall–Kier alpha value is -2.59. The molecular formula is C21H24F3N3O3S. The van der Waals surface area contributed by atoms with E-state index in [0.29, 0.717) is 38.0 Å². The van der Waals surface area contributed by atoms with Gasteiger partial charge in [-0.05, 0) is 36.6 Å². The van der Waals surface area contributed by atoms with Crippen molar-refractivity contribution in [2.75, 3.05) is 24.1 Å². The van der Waals surface area contributed by atoms with Gasteiger partial charge in [0, 0.05) is 25.7 Å². The van der Waals surface area contributed by atoms with Crippen LogP contribution in [0.3, 0.4) is 0 Å². The van der Waals surface area contributed by atoms with Crippen LogP contribution in [0.2, 0.25) is 0 Å². The summed E-state index contributed by atoms with van der Waals surface area (Å²) in [4.78, 5) is 14.7. The summed E-state index contributed by atoms with van der Waals surface area (Å²) < 4.78 is 64.0. The third-order valence-corrected chi connectivity index (χ3v) is 5.64. The van der Waals surface area contributed by atoms with Crippen LogP contribution in [0.4, 0.5) is 18.9 Å². The molecule has 0 saturated carbocycles. The lowest BCUT2D eigenvalue weighted by molar-refractivity contribution is -0.137. The number of benzene rings is 2. The molecule has 1 aliphatic rings. The third kappa shape index (κ3) is 6.70. The second-order valence-corrected chi connectivity index (χ2v) is 9.39. The Kier molecular flexibility index (Phi) is 6.90. The van der Waals surface area contributed by atoms with E-state index in [9.17, 15) is 26.4 Å². The maximum absolute atomic E-state index is 12.9. The van der Waals surface area contributed by atoms with Crippen molar-refractivity contribution in [3.63, 3.8) is 0 Å². The second kappa shape index (κ2) is 9.27. The fourth-order valence-electron chi connectivity index (χ4n) is 3.57. The molecule has 6 nitrogen and oxygen atoms in total. The van der Waals surface area contributed by atoms with Gasteiger partial charge in [0.1, 0.15) is 0 Å². The number of rotatable bonds is 6. The van der Waals surface area contributed by atoms with Crippen LogP contribution in [0.5, 0.6) is 0 Å². The minimum atomic E-state index is -4.37. The molecule has 1 amide bonds. The first kappa shape index (κ1) is 23.1. The van der Waals surface area contributed by atoms with Crippen molar-refractivity contribution in [3.05, 3.63) is 65.2 Å². The van der Waals surface area contributed by atoms with Crippen molar-refractivity contribution in [3.8, 4) is 0 Å². The van der Waals surface area contributed by atoms with Crippen molar-refractivity contribution in [1.82, 2.24) is 10.2 Å². The highest BCUT2D eigenvalue weighted by atomic mass is 32.2. The minimum absolute atomic E-state index is 0.100. The van der Waals surface area contributed by atoms with E-state index in [1.54, 1.807) is 24.3 Å². The standard InChI is InChI=1S/C21H24F3N3O3S/c1-31(29,30)26-19-8-3-2-7-18(19)20(28)25-17-9-11-27(12-10-17)14-15-5-4-6-16(13-15)21(22,23)24/h2-8,13,17,26H,9-12,14H2,1H3,(H,25,28). The zero-order valence-corrected chi connectivity index (χ0v) is 17.8. The fraction of sp³-hybridized carbons (Fsp3) is 0.381. The number of halogens is 3. The lowest BCUT2D eigenvalue weighted by Crippen LogP contribution is -2.44. The van der Waals surface area contributed by atoms with Crippen molar-refractivity contribution in [1.29, 1.82) is 0 Å². The maximum atomic E-state index is 12.9. The number of hydrogen-bond acceptors (Lipinski definition) is 4. The van der Waals surface area contributed by atoms with Gasteiger partial charge in [-0.3, -0.25) is 14.4 Å². The number of para-hydroxylation sites is 1. The van der Waals surface area contributed by atoms with Gasteiger partial charge in [-0.1, -0.05) is 30.3 Å². The maximum Gasteiger partial charge on any atom is 0.416 e. The smallest absolute Gasteiger partial charge is 0.349 e. The summed E-state index contributed by atoms with van der Waals surface area (Å²) in [6.45, 7) is 1.67. The normalized spacial score (nSPS) is 16.1. The van der Waals surface area contributed by atoms with E-state index in [4.69, 9.17) is 0 Å². The molecule has 0 unspecified atom stereocenters. The highest BCUT2D eigenvalue weighted by Crippen LogP contribution is 2.30. The molecule has 3 rings (SSSR count). The Bertz CT molecular complexity index is 1030. The van der Waals surface area contributed by atoms with Gasteiger partial charge < -0.3 is 5.32 Å². The lowest BCUT2D eigenvalue weighted by Gasteiger charge is -2.32. The molecule has 0 aromatic heterocycles. The van der Waals surface area contributed by atoms with Crippen molar-refractivity contribution < 1.29 is 26.4 Å². The Morgan fingerprint density at radius 3 is 2.42 bits per heavy atom. The van der Waals surface area contributed by atoms with Crippen LogP contribution >= 0.6 is 0 Å².